The molecule has 0 saturated heterocycles. The highest BCUT2D eigenvalue weighted by Gasteiger charge is 2.25. The van der Waals surface area contributed by atoms with Crippen LogP contribution >= 0.6 is 0 Å². The van der Waals surface area contributed by atoms with Crippen molar-refractivity contribution in [2.24, 2.45) is 0 Å². The Kier molecular flexibility index (Phi) is 6.54. The highest BCUT2D eigenvalue weighted by molar-refractivity contribution is 6.14. The van der Waals surface area contributed by atoms with E-state index in [-0.39, 0.29) is 17.0 Å². The number of fused-ring (bicyclic) bond motifs is 4. The first-order valence-electron chi connectivity index (χ1n) is 13.6. The molecule has 0 radical (unpaired) electrons. The standard InChI is InChI=1S/C31H33N3O5/c1-18(2)17-38-23-14-11-19(15-25(23)37-3)26-27-30(32-28-22-13-12-21(35)16-24(22)39-29(26)28)34(33-31(27)36)20-9-7-5-4-6-8-10-20/h11-16,20,32H,1,4-10,17H2,2-3H3,(H,33,36). The van der Waals surface area contributed by atoms with Crippen molar-refractivity contribution >= 4 is 33.1 Å². The van der Waals surface area contributed by atoms with Gasteiger partial charge in [-0.05, 0) is 55.2 Å². The summed E-state index contributed by atoms with van der Waals surface area (Å²) >= 11 is 0. The summed E-state index contributed by atoms with van der Waals surface area (Å²) in [5, 5.41) is 4.46. The highest BCUT2D eigenvalue weighted by Crippen LogP contribution is 2.41. The maximum Gasteiger partial charge on any atom is 0.274 e. The predicted molar refractivity (Wildman–Crippen MR) is 154 cm³/mol. The number of furan rings is 1. The molecule has 1 aliphatic rings. The predicted octanol–water partition coefficient (Wildman–Crippen LogP) is 6.83. The van der Waals surface area contributed by atoms with Gasteiger partial charge in [-0.25, -0.2) is 0 Å². The number of pyridine rings is 1. The van der Waals surface area contributed by atoms with Gasteiger partial charge in [0, 0.05) is 17.0 Å². The van der Waals surface area contributed by atoms with Crippen LogP contribution in [0, 0.1) is 0 Å². The molecule has 1 fully saturated rings. The average molecular weight is 528 g/mol. The molecule has 39 heavy (non-hydrogen) atoms. The molecule has 0 bridgehead atoms. The average Bonchev–Trinajstić information content (AvgIpc) is 3.42. The summed E-state index contributed by atoms with van der Waals surface area (Å²) in [4.78, 5) is 29.3. The van der Waals surface area contributed by atoms with Crippen molar-refractivity contribution in [2.75, 3.05) is 13.7 Å². The Labute approximate surface area is 225 Å². The van der Waals surface area contributed by atoms with E-state index in [2.05, 4.69) is 16.7 Å². The lowest BCUT2D eigenvalue weighted by molar-refractivity contribution is 0.320. The summed E-state index contributed by atoms with van der Waals surface area (Å²) in [5.41, 5.74) is 4.43. The van der Waals surface area contributed by atoms with Crippen LogP contribution in [0.25, 0.3) is 44.2 Å². The fraction of sp³-hybridized carbons (Fsp3) is 0.355. The number of rotatable bonds is 6. The molecule has 3 heterocycles. The lowest BCUT2D eigenvalue weighted by Crippen LogP contribution is -2.15. The molecule has 2 aromatic carbocycles. The Hall–Kier alpha value is -4.20. The van der Waals surface area contributed by atoms with Crippen LogP contribution in [0.3, 0.4) is 0 Å². The smallest absolute Gasteiger partial charge is 0.274 e. The Morgan fingerprint density at radius 3 is 2.56 bits per heavy atom. The van der Waals surface area contributed by atoms with E-state index in [4.69, 9.17) is 13.9 Å². The molecule has 0 spiro atoms. The summed E-state index contributed by atoms with van der Waals surface area (Å²) in [5.74, 6) is 1.12. The van der Waals surface area contributed by atoms with Crippen molar-refractivity contribution in [3.8, 4) is 22.6 Å². The van der Waals surface area contributed by atoms with Crippen LogP contribution in [-0.4, -0.2) is 28.5 Å². The van der Waals surface area contributed by atoms with Gasteiger partial charge < -0.3 is 18.9 Å². The van der Waals surface area contributed by atoms with Crippen molar-refractivity contribution in [3.05, 3.63) is 69.1 Å². The zero-order chi connectivity index (χ0) is 27.1. The summed E-state index contributed by atoms with van der Waals surface area (Å²) < 4.78 is 19.9. The fourth-order valence-corrected chi connectivity index (χ4v) is 5.80. The van der Waals surface area contributed by atoms with E-state index < -0.39 is 0 Å². The Bertz CT molecular complexity index is 1810. The Morgan fingerprint density at radius 2 is 1.82 bits per heavy atom. The lowest BCUT2D eigenvalue weighted by Gasteiger charge is -2.21. The number of ether oxygens (including phenoxy) is 2. The molecule has 2 N–H and O–H groups in total. The van der Waals surface area contributed by atoms with E-state index in [9.17, 15) is 9.59 Å². The van der Waals surface area contributed by atoms with Gasteiger partial charge in [-0.2, -0.15) is 0 Å². The molecular weight excluding hydrogens is 494 g/mol. The molecule has 0 amide bonds. The monoisotopic (exact) mass is 527 g/mol. The third-order valence-electron chi connectivity index (χ3n) is 7.67. The van der Waals surface area contributed by atoms with Crippen LogP contribution in [-0.2, 0) is 0 Å². The SMILES string of the molecule is C=C(C)COc1ccc(-c2c3oc4cc(=O)ccc4c3[nH]c3c2c(=O)[nH]n3C2CCCCCCC2)cc1OC. The van der Waals surface area contributed by atoms with Crippen LogP contribution < -0.4 is 20.5 Å². The topological polar surface area (TPSA) is 102 Å². The minimum Gasteiger partial charge on any atom is -0.493 e. The summed E-state index contributed by atoms with van der Waals surface area (Å²) in [7, 11) is 1.59. The van der Waals surface area contributed by atoms with Crippen molar-refractivity contribution in [1.82, 2.24) is 14.8 Å². The van der Waals surface area contributed by atoms with E-state index in [1.807, 2.05) is 29.8 Å². The third-order valence-corrected chi connectivity index (χ3v) is 7.67. The van der Waals surface area contributed by atoms with E-state index >= 15 is 0 Å². The van der Waals surface area contributed by atoms with Gasteiger partial charge in [0.15, 0.2) is 22.5 Å². The molecule has 0 atom stereocenters. The van der Waals surface area contributed by atoms with Crippen LogP contribution in [0.2, 0.25) is 0 Å². The largest absolute Gasteiger partial charge is 0.493 e. The van der Waals surface area contributed by atoms with Crippen LogP contribution in [0.1, 0.15) is 57.9 Å². The van der Waals surface area contributed by atoms with Gasteiger partial charge in [0.25, 0.3) is 5.56 Å². The molecule has 202 valence electrons. The summed E-state index contributed by atoms with van der Waals surface area (Å²) in [6, 6.07) is 10.6. The summed E-state index contributed by atoms with van der Waals surface area (Å²) in [6.07, 6.45) is 7.97. The maximum absolute atomic E-state index is 13.6. The second kappa shape index (κ2) is 10.2. The number of methoxy groups -OCH3 is 1. The van der Waals surface area contributed by atoms with E-state index in [1.165, 1.54) is 31.4 Å². The molecule has 8 nitrogen and oxygen atoms in total. The first kappa shape index (κ1) is 25.1. The Morgan fingerprint density at radius 1 is 1.05 bits per heavy atom. The molecule has 5 aromatic rings. The van der Waals surface area contributed by atoms with Crippen LogP contribution in [0.5, 0.6) is 11.5 Å². The number of H-pyrrole nitrogens is 2. The molecular formula is C31H33N3O5. The van der Waals surface area contributed by atoms with Gasteiger partial charge in [-0.15, -0.1) is 0 Å². The van der Waals surface area contributed by atoms with Crippen molar-refractivity contribution in [3.63, 3.8) is 0 Å². The lowest BCUT2D eigenvalue weighted by atomic mass is 9.96. The number of aromatic nitrogens is 3. The van der Waals surface area contributed by atoms with Gasteiger partial charge >= 0.3 is 0 Å². The second-order valence-electron chi connectivity index (χ2n) is 10.6. The van der Waals surface area contributed by atoms with E-state index in [0.29, 0.717) is 40.2 Å². The van der Waals surface area contributed by atoms with Crippen LogP contribution in [0.4, 0.5) is 0 Å². The highest BCUT2D eigenvalue weighted by atomic mass is 16.5. The molecule has 1 aliphatic carbocycles. The molecule has 0 unspecified atom stereocenters. The van der Waals surface area contributed by atoms with Gasteiger partial charge in [-0.1, -0.05) is 44.7 Å². The van der Waals surface area contributed by atoms with Crippen molar-refractivity contribution in [1.29, 1.82) is 0 Å². The number of aromatic amines is 2. The maximum atomic E-state index is 13.6. The molecule has 8 heteroatoms. The number of benzene rings is 2. The van der Waals surface area contributed by atoms with Crippen LogP contribution in [0.15, 0.2) is 62.6 Å². The molecule has 1 saturated carbocycles. The number of hydrogen-bond donors (Lipinski definition) is 2. The first-order valence-corrected chi connectivity index (χ1v) is 13.6. The van der Waals surface area contributed by atoms with E-state index in [1.54, 1.807) is 13.2 Å². The normalized spacial score (nSPS) is 15.0. The second-order valence-corrected chi connectivity index (χ2v) is 10.6. The van der Waals surface area contributed by atoms with Crippen molar-refractivity contribution < 1.29 is 13.9 Å². The number of nitrogens with one attached hydrogen (secondary N) is 2. The zero-order valence-electron chi connectivity index (χ0n) is 22.4. The van der Waals surface area contributed by atoms with Gasteiger partial charge in [0.2, 0.25) is 0 Å². The minimum atomic E-state index is -0.188. The Balaban J connectivity index is 1.63. The van der Waals surface area contributed by atoms with E-state index in [0.717, 1.165) is 53.4 Å². The molecule has 6 rings (SSSR count). The number of hydrogen-bond acceptors (Lipinski definition) is 5. The van der Waals surface area contributed by atoms with Gasteiger partial charge in [0.1, 0.15) is 17.8 Å². The number of nitrogens with zero attached hydrogens (tertiary/aromatic N) is 1. The van der Waals surface area contributed by atoms with Gasteiger partial charge in [-0.3, -0.25) is 19.4 Å². The quantitative estimate of drug-likeness (QED) is 0.236. The molecule has 3 aromatic heterocycles. The molecule has 0 aliphatic heterocycles. The summed E-state index contributed by atoms with van der Waals surface area (Å²) in [6.45, 7) is 6.17. The minimum absolute atomic E-state index is 0.134. The zero-order valence-corrected chi connectivity index (χ0v) is 22.4. The van der Waals surface area contributed by atoms with Crippen molar-refractivity contribution in [2.45, 2.75) is 57.9 Å². The first-order chi connectivity index (χ1) is 18.9. The third kappa shape index (κ3) is 4.54. The fourth-order valence-electron chi connectivity index (χ4n) is 5.80. The van der Waals surface area contributed by atoms with Gasteiger partial charge in [0.05, 0.1) is 24.1 Å².